The highest BCUT2D eigenvalue weighted by Crippen LogP contribution is 2.04. The van der Waals surface area contributed by atoms with Crippen molar-refractivity contribution in [3.05, 3.63) is 41.5 Å². The van der Waals surface area contributed by atoms with Crippen molar-refractivity contribution in [2.45, 2.75) is 20.3 Å². The first kappa shape index (κ1) is 14.2. The Morgan fingerprint density at radius 2 is 1.93 bits per heavy atom. The molecule has 0 unspecified atom stereocenters. The van der Waals surface area contributed by atoms with Gasteiger partial charge in [0, 0.05) is 6.54 Å². The summed E-state index contributed by atoms with van der Waals surface area (Å²) in [5.41, 5.74) is 2.66. The minimum Gasteiger partial charge on any atom is -0.313 e. The van der Waals surface area contributed by atoms with Gasteiger partial charge in [0.05, 0.1) is 0 Å². The molecule has 0 bridgehead atoms. The lowest BCUT2D eigenvalue weighted by atomic mass is 10.1. The smallest absolute Gasteiger partial charge is 0.0165 e. The van der Waals surface area contributed by atoms with Gasteiger partial charge >= 0.3 is 0 Å². The maximum atomic E-state index is 3.39. The van der Waals surface area contributed by atoms with Gasteiger partial charge in [-0.2, -0.15) is 0 Å². The van der Waals surface area contributed by atoms with Crippen LogP contribution >= 0.6 is 12.4 Å². The topological polar surface area (TPSA) is 12.0 Å². The van der Waals surface area contributed by atoms with Crippen LogP contribution in [-0.2, 0) is 0 Å². The Labute approximate surface area is 99.0 Å². The average molecular weight is 226 g/mol. The monoisotopic (exact) mass is 225 g/mol. The Balaban J connectivity index is 0.00000196. The summed E-state index contributed by atoms with van der Waals surface area (Å²) in [7, 11) is 0. The summed E-state index contributed by atoms with van der Waals surface area (Å²) in [5.74, 6) is 0. The summed E-state index contributed by atoms with van der Waals surface area (Å²) in [5, 5.41) is 3.39. The minimum atomic E-state index is 0. The third-order valence-electron chi connectivity index (χ3n) is 2.04. The molecule has 1 N–H and O–H groups in total. The molecule has 0 aromatic heterocycles. The fourth-order valence-electron chi connectivity index (χ4n) is 1.35. The van der Waals surface area contributed by atoms with Crippen LogP contribution in [-0.4, -0.2) is 13.1 Å². The van der Waals surface area contributed by atoms with E-state index in [-0.39, 0.29) is 12.4 Å². The Hall–Kier alpha value is -0.790. The largest absolute Gasteiger partial charge is 0.313 e. The Kier molecular flexibility index (Phi) is 8.06. The highest BCUT2D eigenvalue weighted by molar-refractivity contribution is 5.85. The molecule has 0 amide bonds. The van der Waals surface area contributed by atoms with Crippen molar-refractivity contribution in [2.75, 3.05) is 13.1 Å². The molecule has 0 saturated heterocycles. The van der Waals surface area contributed by atoms with Crippen LogP contribution in [0.2, 0.25) is 0 Å². The number of rotatable bonds is 5. The quantitative estimate of drug-likeness (QED) is 0.757. The first-order valence-electron chi connectivity index (χ1n) is 5.26. The lowest BCUT2D eigenvalue weighted by Crippen LogP contribution is -2.16. The highest BCUT2D eigenvalue weighted by Gasteiger charge is 1.90. The van der Waals surface area contributed by atoms with Gasteiger partial charge in [-0.15, -0.1) is 12.4 Å². The van der Waals surface area contributed by atoms with Gasteiger partial charge in [-0.3, -0.25) is 0 Å². The molecular formula is C13H20ClN. The van der Waals surface area contributed by atoms with E-state index < -0.39 is 0 Å². The van der Waals surface area contributed by atoms with Crippen LogP contribution in [0.15, 0.2) is 35.9 Å². The number of nitrogens with one attached hydrogen (secondary N) is 1. The van der Waals surface area contributed by atoms with E-state index >= 15 is 0 Å². The van der Waals surface area contributed by atoms with Crippen molar-refractivity contribution >= 4 is 18.5 Å². The fraction of sp³-hybridized carbons (Fsp3) is 0.385. The lowest BCUT2D eigenvalue weighted by molar-refractivity contribution is 0.715. The highest BCUT2D eigenvalue weighted by atomic mass is 35.5. The fourth-order valence-corrected chi connectivity index (χ4v) is 1.35. The molecule has 0 heterocycles. The van der Waals surface area contributed by atoms with Gasteiger partial charge in [-0.1, -0.05) is 48.9 Å². The molecular weight excluding hydrogens is 206 g/mol. The van der Waals surface area contributed by atoms with Gasteiger partial charge in [0.25, 0.3) is 0 Å². The summed E-state index contributed by atoms with van der Waals surface area (Å²) in [6.45, 7) is 6.43. The van der Waals surface area contributed by atoms with Crippen molar-refractivity contribution in [1.29, 1.82) is 0 Å². The maximum Gasteiger partial charge on any atom is 0.0165 e. The van der Waals surface area contributed by atoms with Crippen LogP contribution in [0.1, 0.15) is 25.8 Å². The predicted octanol–water partition coefficient (Wildman–Crippen LogP) is 3.51. The molecule has 1 aromatic carbocycles. The second-order valence-corrected chi connectivity index (χ2v) is 3.58. The van der Waals surface area contributed by atoms with E-state index in [0.717, 1.165) is 13.1 Å². The van der Waals surface area contributed by atoms with Crippen LogP contribution < -0.4 is 5.32 Å². The van der Waals surface area contributed by atoms with Gasteiger partial charge in [-0.25, -0.2) is 0 Å². The van der Waals surface area contributed by atoms with E-state index in [0.29, 0.717) is 0 Å². The van der Waals surface area contributed by atoms with E-state index in [1.807, 2.05) is 6.07 Å². The standard InChI is InChI=1S/C13H19N.ClH/c1-3-9-14-11-12(2)10-13-7-5-4-6-8-13;/h4-8,10,14H,3,9,11H2,1-2H3;1H/b12-10+;. The predicted molar refractivity (Wildman–Crippen MR) is 70.5 cm³/mol. The molecule has 84 valence electrons. The molecule has 0 fully saturated rings. The number of hydrogen-bond acceptors (Lipinski definition) is 1. The zero-order valence-corrected chi connectivity index (χ0v) is 10.3. The number of benzene rings is 1. The van der Waals surface area contributed by atoms with E-state index in [9.17, 15) is 0 Å². The van der Waals surface area contributed by atoms with E-state index in [1.165, 1.54) is 17.6 Å². The zero-order valence-electron chi connectivity index (χ0n) is 9.49. The van der Waals surface area contributed by atoms with Crippen molar-refractivity contribution < 1.29 is 0 Å². The van der Waals surface area contributed by atoms with Crippen molar-refractivity contribution in [3.63, 3.8) is 0 Å². The molecule has 0 aliphatic rings. The lowest BCUT2D eigenvalue weighted by Gasteiger charge is -2.03. The molecule has 0 radical (unpaired) electrons. The van der Waals surface area contributed by atoms with Gasteiger partial charge in [0.1, 0.15) is 0 Å². The molecule has 0 aliphatic carbocycles. The summed E-state index contributed by atoms with van der Waals surface area (Å²) in [6, 6.07) is 10.4. The average Bonchev–Trinajstić information content (AvgIpc) is 2.20. The van der Waals surface area contributed by atoms with Gasteiger partial charge in [-0.05, 0) is 25.5 Å². The van der Waals surface area contributed by atoms with Crippen molar-refractivity contribution in [3.8, 4) is 0 Å². The third kappa shape index (κ3) is 6.32. The van der Waals surface area contributed by atoms with Crippen LogP contribution in [0.25, 0.3) is 6.08 Å². The van der Waals surface area contributed by atoms with Gasteiger partial charge in [0.2, 0.25) is 0 Å². The third-order valence-corrected chi connectivity index (χ3v) is 2.04. The molecule has 0 saturated carbocycles. The first-order valence-corrected chi connectivity index (χ1v) is 5.26. The van der Waals surface area contributed by atoms with Gasteiger partial charge < -0.3 is 5.32 Å². The summed E-state index contributed by atoms with van der Waals surface area (Å²) in [6.07, 6.45) is 3.42. The molecule has 0 aliphatic heterocycles. The molecule has 15 heavy (non-hydrogen) atoms. The second-order valence-electron chi connectivity index (χ2n) is 3.58. The first-order chi connectivity index (χ1) is 6.83. The normalized spacial score (nSPS) is 10.9. The molecule has 0 atom stereocenters. The maximum absolute atomic E-state index is 3.39. The van der Waals surface area contributed by atoms with Gasteiger partial charge in [0.15, 0.2) is 0 Å². The second kappa shape index (κ2) is 8.51. The Bertz CT molecular complexity index is 280. The number of halogens is 1. The Morgan fingerprint density at radius 3 is 2.53 bits per heavy atom. The molecule has 1 rings (SSSR count). The number of hydrogen-bond donors (Lipinski definition) is 1. The Morgan fingerprint density at radius 1 is 1.27 bits per heavy atom. The van der Waals surface area contributed by atoms with Crippen LogP contribution in [0.4, 0.5) is 0 Å². The van der Waals surface area contributed by atoms with Crippen LogP contribution in [0, 0.1) is 0 Å². The molecule has 0 spiro atoms. The summed E-state index contributed by atoms with van der Waals surface area (Å²) >= 11 is 0. The summed E-state index contributed by atoms with van der Waals surface area (Å²) in [4.78, 5) is 0. The zero-order chi connectivity index (χ0) is 10.2. The molecule has 1 aromatic rings. The van der Waals surface area contributed by atoms with E-state index in [2.05, 4.69) is 49.5 Å². The van der Waals surface area contributed by atoms with E-state index in [4.69, 9.17) is 0 Å². The molecule has 2 heteroatoms. The molecule has 1 nitrogen and oxygen atoms in total. The minimum absolute atomic E-state index is 0. The van der Waals surface area contributed by atoms with Crippen LogP contribution in [0.5, 0.6) is 0 Å². The van der Waals surface area contributed by atoms with Crippen LogP contribution in [0.3, 0.4) is 0 Å². The SMILES string of the molecule is CCCNC/C(C)=C/c1ccccc1.Cl. The van der Waals surface area contributed by atoms with Crippen molar-refractivity contribution in [1.82, 2.24) is 5.32 Å². The van der Waals surface area contributed by atoms with Crippen molar-refractivity contribution in [2.24, 2.45) is 0 Å². The van der Waals surface area contributed by atoms with E-state index in [1.54, 1.807) is 0 Å². The summed E-state index contributed by atoms with van der Waals surface area (Å²) < 4.78 is 0.